The molecule has 1 aliphatic rings. The molecule has 0 saturated heterocycles. The smallest absolute Gasteiger partial charge is 0.276 e. The third-order valence-corrected chi connectivity index (χ3v) is 7.34. The fraction of sp³-hybridized carbons (Fsp3) is 0.435. The predicted molar refractivity (Wildman–Crippen MR) is 128 cm³/mol. The summed E-state index contributed by atoms with van der Waals surface area (Å²) in [5, 5.41) is 17.7. The summed E-state index contributed by atoms with van der Waals surface area (Å²) in [6, 6.07) is 1.21. The number of pyridine rings is 1. The number of rotatable bonds is 6. The Kier molecular flexibility index (Phi) is 5.73. The van der Waals surface area contributed by atoms with Crippen molar-refractivity contribution >= 4 is 34.3 Å². The Hall–Kier alpha value is -3.27. The highest BCUT2D eigenvalue weighted by Gasteiger charge is 2.40. The van der Waals surface area contributed by atoms with Crippen LogP contribution in [-0.2, 0) is 6.42 Å². The Morgan fingerprint density at radius 3 is 2.70 bits per heavy atom. The standard InChI is InChI=1S/C23H27N5O4S/c1-6-28(5)22(32)17-18(29)12(8-10-24-17)26-15-16(20(31)19(15)30)27-21-14-13(33-11(2)25-14)7-9-23(21,3)4/h8,10,21,27,29H,6-7,9H2,1-5H3,(H,24,26)/t21-/m0/s1. The minimum absolute atomic E-state index is 0.0543. The van der Waals surface area contributed by atoms with Crippen LogP contribution in [0.2, 0.25) is 0 Å². The highest BCUT2D eigenvalue weighted by Crippen LogP contribution is 2.47. The molecule has 0 fully saturated rings. The van der Waals surface area contributed by atoms with Crippen molar-refractivity contribution in [1.29, 1.82) is 0 Å². The maximum Gasteiger partial charge on any atom is 0.276 e. The number of aromatic hydroxyl groups is 1. The summed E-state index contributed by atoms with van der Waals surface area (Å²) in [4.78, 5) is 48.7. The van der Waals surface area contributed by atoms with Crippen molar-refractivity contribution in [2.75, 3.05) is 24.2 Å². The summed E-state index contributed by atoms with van der Waals surface area (Å²) < 4.78 is 0. The van der Waals surface area contributed by atoms with Crippen molar-refractivity contribution in [3.63, 3.8) is 0 Å². The molecule has 2 heterocycles. The van der Waals surface area contributed by atoms with Gasteiger partial charge in [-0.2, -0.15) is 0 Å². The molecule has 0 bridgehead atoms. The zero-order valence-electron chi connectivity index (χ0n) is 19.3. The van der Waals surface area contributed by atoms with Gasteiger partial charge in [0, 0.05) is 24.7 Å². The quantitative estimate of drug-likeness (QED) is 0.471. The van der Waals surface area contributed by atoms with E-state index in [0.29, 0.717) is 6.54 Å². The van der Waals surface area contributed by atoms with Gasteiger partial charge in [0.15, 0.2) is 11.4 Å². The van der Waals surface area contributed by atoms with Gasteiger partial charge in [0.05, 0.1) is 22.4 Å². The third kappa shape index (κ3) is 3.88. The number of carbonyl (C=O) groups is 1. The van der Waals surface area contributed by atoms with Gasteiger partial charge in [-0.1, -0.05) is 13.8 Å². The molecule has 3 N–H and O–H groups in total. The molecular weight excluding hydrogens is 442 g/mol. The molecule has 1 amide bonds. The van der Waals surface area contributed by atoms with Crippen molar-refractivity contribution in [3.05, 3.63) is 54.0 Å². The van der Waals surface area contributed by atoms with E-state index in [1.54, 1.807) is 25.3 Å². The number of aryl methyl sites for hydroxylation is 2. The lowest BCUT2D eigenvalue weighted by Gasteiger charge is -2.39. The van der Waals surface area contributed by atoms with E-state index in [0.717, 1.165) is 23.5 Å². The first-order chi connectivity index (χ1) is 15.5. The van der Waals surface area contributed by atoms with Crippen molar-refractivity contribution in [2.45, 2.75) is 46.6 Å². The molecule has 0 aliphatic heterocycles. The maximum absolute atomic E-state index is 12.5. The first kappa shape index (κ1) is 22.9. The monoisotopic (exact) mass is 469 g/mol. The topological polar surface area (TPSA) is 125 Å². The van der Waals surface area contributed by atoms with Gasteiger partial charge in [-0.25, -0.2) is 9.97 Å². The summed E-state index contributed by atoms with van der Waals surface area (Å²) in [6.45, 7) is 8.42. The van der Waals surface area contributed by atoms with E-state index in [9.17, 15) is 19.5 Å². The molecule has 0 unspecified atom stereocenters. The normalized spacial score (nSPS) is 16.9. The van der Waals surface area contributed by atoms with Crippen LogP contribution in [0.3, 0.4) is 0 Å². The number of aromatic nitrogens is 2. The van der Waals surface area contributed by atoms with Gasteiger partial charge in [0.25, 0.3) is 16.8 Å². The molecule has 4 rings (SSSR count). The van der Waals surface area contributed by atoms with Crippen LogP contribution >= 0.6 is 11.3 Å². The first-order valence-corrected chi connectivity index (χ1v) is 11.6. The molecule has 1 aliphatic carbocycles. The van der Waals surface area contributed by atoms with Gasteiger partial charge < -0.3 is 20.6 Å². The number of hydrogen-bond donors (Lipinski definition) is 3. The number of anilines is 3. The van der Waals surface area contributed by atoms with Crippen LogP contribution in [-0.4, -0.2) is 39.5 Å². The van der Waals surface area contributed by atoms with E-state index >= 15 is 0 Å². The second-order valence-corrected chi connectivity index (χ2v) is 10.3. The summed E-state index contributed by atoms with van der Waals surface area (Å²) >= 11 is 1.65. The van der Waals surface area contributed by atoms with Gasteiger partial charge >= 0.3 is 0 Å². The fourth-order valence-corrected chi connectivity index (χ4v) is 5.04. The lowest BCUT2D eigenvalue weighted by Crippen LogP contribution is -2.41. The van der Waals surface area contributed by atoms with Crippen LogP contribution in [0, 0.1) is 12.3 Å². The lowest BCUT2D eigenvalue weighted by molar-refractivity contribution is 0.0793. The zero-order chi connectivity index (χ0) is 24.1. The molecule has 1 aromatic carbocycles. The van der Waals surface area contributed by atoms with Gasteiger partial charge in [-0.05, 0) is 38.2 Å². The largest absolute Gasteiger partial charge is 0.504 e. The highest BCUT2D eigenvalue weighted by atomic mass is 32.1. The molecule has 1 atom stereocenters. The van der Waals surface area contributed by atoms with Gasteiger partial charge in [-0.15, -0.1) is 11.3 Å². The predicted octanol–water partition coefficient (Wildman–Crippen LogP) is 3.11. The third-order valence-electron chi connectivity index (χ3n) is 6.29. The summed E-state index contributed by atoms with van der Waals surface area (Å²) in [6.07, 6.45) is 3.21. The Bertz CT molecular complexity index is 1310. The minimum Gasteiger partial charge on any atom is -0.504 e. The fourth-order valence-electron chi connectivity index (χ4n) is 4.07. The molecule has 2 aromatic heterocycles. The Labute approximate surface area is 195 Å². The van der Waals surface area contributed by atoms with Gasteiger partial charge in [-0.3, -0.25) is 14.4 Å². The van der Waals surface area contributed by atoms with Crippen molar-refractivity contribution < 1.29 is 9.90 Å². The van der Waals surface area contributed by atoms with E-state index in [4.69, 9.17) is 0 Å². The molecule has 3 aromatic rings. The average molecular weight is 470 g/mol. The Morgan fingerprint density at radius 1 is 1.30 bits per heavy atom. The summed E-state index contributed by atoms with van der Waals surface area (Å²) in [5.74, 6) is -0.824. The Morgan fingerprint density at radius 2 is 2.00 bits per heavy atom. The summed E-state index contributed by atoms with van der Waals surface area (Å²) in [5.41, 5.74) is -0.374. The number of hydrogen-bond acceptors (Lipinski definition) is 9. The number of fused-ring (bicyclic) bond motifs is 1. The molecule has 174 valence electrons. The van der Waals surface area contributed by atoms with Crippen molar-refractivity contribution in [3.8, 4) is 5.75 Å². The number of amides is 1. The zero-order valence-corrected chi connectivity index (χ0v) is 20.1. The number of nitrogens with one attached hydrogen (secondary N) is 2. The van der Waals surface area contributed by atoms with E-state index in [2.05, 4.69) is 34.4 Å². The van der Waals surface area contributed by atoms with Crippen LogP contribution in [0.25, 0.3) is 0 Å². The molecule has 33 heavy (non-hydrogen) atoms. The van der Waals surface area contributed by atoms with E-state index in [-0.39, 0.29) is 40.0 Å². The average Bonchev–Trinajstić information content (AvgIpc) is 3.17. The minimum atomic E-state index is -0.685. The van der Waals surface area contributed by atoms with Gasteiger partial charge in [0.1, 0.15) is 11.4 Å². The molecule has 9 nitrogen and oxygen atoms in total. The number of thiazole rings is 1. The maximum atomic E-state index is 12.5. The van der Waals surface area contributed by atoms with E-state index < -0.39 is 16.8 Å². The second kappa shape index (κ2) is 8.26. The molecule has 0 saturated carbocycles. The second-order valence-electron chi connectivity index (χ2n) is 9.02. The Balaban J connectivity index is 1.67. The van der Waals surface area contributed by atoms with Crippen molar-refractivity contribution in [1.82, 2.24) is 14.9 Å². The van der Waals surface area contributed by atoms with Crippen LogP contribution < -0.4 is 21.5 Å². The first-order valence-electron chi connectivity index (χ1n) is 10.8. The van der Waals surface area contributed by atoms with Crippen LogP contribution in [0.5, 0.6) is 5.75 Å². The van der Waals surface area contributed by atoms with E-state index in [1.165, 1.54) is 22.0 Å². The number of carbonyl (C=O) groups excluding carboxylic acids is 1. The SMILES string of the molecule is CCN(C)C(=O)c1nccc(Nc2c(N[C@H]3c4nc(C)sc4CCC3(C)C)c(=O)c2=O)c1O. The van der Waals surface area contributed by atoms with Crippen LogP contribution in [0.15, 0.2) is 21.9 Å². The van der Waals surface area contributed by atoms with Crippen molar-refractivity contribution in [2.24, 2.45) is 5.41 Å². The molecule has 0 radical (unpaired) electrons. The highest BCUT2D eigenvalue weighted by molar-refractivity contribution is 7.11. The molecule has 0 spiro atoms. The van der Waals surface area contributed by atoms with Gasteiger partial charge in [0.2, 0.25) is 0 Å². The van der Waals surface area contributed by atoms with Crippen LogP contribution in [0.4, 0.5) is 17.1 Å². The molecule has 10 heteroatoms. The van der Waals surface area contributed by atoms with Crippen LogP contribution in [0.1, 0.15) is 59.3 Å². The lowest BCUT2D eigenvalue weighted by atomic mass is 9.74. The van der Waals surface area contributed by atoms with E-state index in [1.807, 2.05) is 6.92 Å². The summed E-state index contributed by atoms with van der Waals surface area (Å²) in [7, 11) is 1.60. The number of nitrogens with zero attached hydrogens (tertiary/aromatic N) is 3. The molecular formula is C23H27N5O4S.